The van der Waals surface area contributed by atoms with E-state index in [1.54, 1.807) is 31.2 Å². The van der Waals surface area contributed by atoms with Crippen LogP contribution in [0.5, 0.6) is 11.5 Å². The molecule has 0 aliphatic carbocycles. The molecule has 0 spiro atoms. The molecule has 7 nitrogen and oxygen atoms in total. The molecule has 2 aromatic carbocycles. The molecule has 0 aliphatic heterocycles. The van der Waals surface area contributed by atoms with E-state index in [1.807, 2.05) is 53.7 Å². The smallest absolute Gasteiger partial charge is 0.347 e. The molecule has 2 rings (SSSR count). The zero-order valence-corrected chi connectivity index (χ0v) is 24.4. The second-order valence-electron chi connectivity index (χ2n) is 9.37. The molecule has 208 valence electrons. The van der Waals surface area contributed by atoms with Crippen LogP contribution in [0.2, 0.25) is 10.0 Å². The maximum absolute atomic E-state index is 11.7. The van der Waals surface area contributed by atoms with Gasteiger partial charge in [0.25, 0.3) is 0 Å². The van der Waals surface area contributed by atoms with Crippen LogP contribution in [0.15, 0.2) is 36.4 Å². The summed E-state index contributed by atoms with van der Waals surface area (Å²) < 4.78 is 15.3. The van der Waals surface area contributed by atoms with Gasteiger partial charge in [-0.25, -0.2) is 9.59 Å². The lowest BCUT2D eigenvalue weighted by atomic mass is 10.2. The van der Waals surface area contributed by atoms with Gasteiger partial charge in [-0.3, -0.25) is 0 Å². The van der Waals surface area contributed by atoms with Crippen molar-refractivity contribution in [2.24, 2.45) is 11.8 Å². The van der Waals surface area contributed by atoms with Crippen LogP contribution in [0, 0.1) is 25.7 Å². The van der Waals surface area contributed by atoms with E-state index in [9.17, 15) is 9.59 Å². The van der Waals surface area contributed by atoms with Gasteiger partial charge >= 0.3 is 11.9 Å². The number of aliphatic hydroxyl groups is 1. The molecule has 2 atom stereocenters. The van der Waals surface area contributed by atoms with Gasteiger partial charge in [0.2, 0.25) is 0 Å². The Morgan fingerprint density at radius 2 is 1.24 bits per heavy atom. The predicted octanol–water partition coefficient (Wildman–Crippen LogP) is 6.54. The van der Waals surface area contributed by atoms with Crippen LogP contribution >= 0.6 is 23.2 Å². The highest BCUT2D eigenvalue weighted by atomic mass is 35.5. The zero-order chi connectivity index (χ0) is 28.7. The third-order valence-electron chi connectivity index (χ3n) is 4.28. The van der Waals surface area contributed by atoms with Gasteiger partial charge in [0.05, 0.1) is 23.3 Å². The van der Waals surface area contributed by atoms with Crippen molar-refractivity contribution >= 4 is 35.1 Å². The molecule has 37 heavy (non-hydrogen) atoms. The molecule has 0 bridgehead atoms. The lowest BCUT2D eigenvalue weighted by Gasteiger charge is -2.16. The summed E-state index contributed by atoms with van der Waals surface area (Å²) in [5.41, 5.74) is 2.04. The normalized spacial score (nSPS) is 11.9. The van der Waals surface area contributed by atoms with Crippen LogP contribution < -0.4 is 4.74 Å². The van der Waals surface area contributed by atoms with Crippen molar-refractivity contribution < 1.29 is 34.0 Å². The second-order valence-corrected chi connectivity index (χ2v) is 10.2. The van der Waals surface area contributed by atoms with Gasteiger partial charge in [0.15, 0.2) is 6.10 Å². The summed E-state index contributed by atoms with van der Waals surface area (Å²) in [6.07, 6.45) is -1.67. The average molecular weight is 560 g/mol. The molecule has 0 saturated carbocycles. The van der Waals surface area contributed by atoms with E-state index in [0.29, 0.717) is 40.8 Å². The van der Waals surface area contributed by atoms with Crippen LogP contribution in [0.25, 0.3) is 0 Å². The Kier molecular flexibility index (Phi) is 16.7. The van der Waals surface area contributed by atoms with Crippen LogP contribution in [0.1, 0.15) is 52.7 Å². The minimum absolute atomic E-state index is 0.150. The maximum atomic E-state index is 11.7. The highest BCUT2D eigenvalue weighted by Gasteiger charge is 2.18. The number of rotatable bonds is 8. The Morgan fingerprint density at radius 1 is 0.784 bits per heavy atom. The molecule has 0 amide bonds. The summed E-state index contributed by atoms with van der Waals surface area (Å²) in [7, 11) is 0. The number of halogens is 2. The van der Waals surface area contributed by atoms with E-state index in [4.69, 9.17) is 42.9 Å². The predicted molar refractivity (Wildman–Crippen MR) is 147 cm³/mol. The molecule has 2 N–H and O–H groups in total. The third-order valence-corrected chi connectivity index (χ3v) is 4.91. The average Bonchev–Trinajstić information content (AvgIpc) is 2.81. The first kappa shape index (κ1) is 34.5. The summed E-state index contributed by atoms with van der Waals surface area (Å²) in [5.74, 6) is 0.365. The van der Waals surface area contributed by atoms with Gasteiger partial charge in [0.1, 0.15) is 17.6 Å². The Labute approximate surface area is 230 Å². The summed E-state index contributed by atoms with van der Waals surface area (Å²) in [4.78, 5) is 22.2. The molecule has 0 saturated heterocycles. The van der Waals surface area contributed by atoms with Gasteiger partial charge in [-0.1, -0.05) is 63.0 Å². The molecule has 0 unspecified atom stereocenters. The van der Waals surface area contributed by atoms with E-state index in [1.165, 1.54) is 6.92 Å². The van der Waals surface area contributed by atoms with Crippen molar-refractivity contribution in [3.05, 3.63) is 57.6 Å². The van der Waals surface area contributed by atoms with Gasteiger partial charge < -0.3 is 24.4 Å². The topological polar surface area (TPSA) is 102 Å². The third kappa shape index (κ3) is 16.1. The highest BCUT2D eigenvalue weighted by molar-refractivity contribution is 6.32. The maximum Gasteiger partial charge on any atom is 0.347 e. The molecular formula is C28H40Cl2O7. The fraction of sp³-hybridized carbons (Fsp3) is 0.500. The summed E-state index contributed by atoms with van der Waals surface area (Å²) >= 11 is 11.5. The van der Waals surface area contributed by atoms with Crippen molar-refractivity contribution in [3.8, 4) is 11.5 Å². The number of carbonyl (C=O) groups excluding carboxylic acids is 2. The summed E-state index contributed by atoms with van der Waals surface area (Å²) in [6, 6.07) is 10.6. The number of hydrogen-bond acceptors (Lipinski definition) is 7. The van der Waals surface area contributed by atoms with Gasteiger partial charge in [-0.15, -0.1) is 0 Å². The standard InChI is InChI=1S/C14H19ClO3.C7H7ClO.C7H14O3/c1-9(2)8-17-14(16)11(4)18-13-7-10(3)5-6-12(13)15;1-5-2-3-6(8)7(9)4-5;1-5(2)4-10-7(9)6(3)8/h5-7,9,11H,8H2,1-4H3;2-4,9H,1H3;5-6,8H,4H2,1-3H3/t11-;;6-/m0.1/s1. The molecule has 0 radical (unpaired) electrons. The number of hydrogen-bond donors (Lipinski definition) is 2. The van der Waals surface area contributed by atoms with Crippen LogP contribution in [-0.2, 0) is 19.1 Å². The van der Waals surface area contributed by atoms with Crippen LogP contribution in [0.3, 0.4) is 0 Å². The SMILES string of the molecule is CC(C)COC(=O)[C@@H](C)O.Cc1ccc(Cl)c(O)c1.Cc1ccc(Cl)c(O[C@@H](C)C(=O)OCC(C)C)c1. The number of aliphatic hydroxyl groups excluding tert-OH is 1. The van der Waals surface area contributed by atoms with Gasteiger partial charge in [0, 0.05) is 0 Å². The zero-order valence-electron chi connectivity index (χ0n) is 22.9. The van der Waals surface area contributed by atoms with Crippen LogP contribution in [0.4, 0.5) is 0 Å². The molecular weight excluding hydrogens is 519 g/mol. The first-order chi connectivity index (χ1) is 17.1. The minimum atomic E-state index is -1.00. The van der Waals surface area contributed by atoms with Crippen LogP contribution in [-0.4, -0.2) is 47.6 Å². The fourth-order valence-corrected chi connectivity index (χ4v) is 2.58. The highest BCUT2D eigenvalue weighted by Crippen LogP contribution is 2.26. The summed E-state index contributed by atoms with van der Waals surface area (Å²) in [6.45, 7) is 15.5. The van der Waals surface area contributed by atoms with Crippen molar-refractivity contribution in [2.45, 2.75) is 67.6 Å². The molecule has 2 aromatic rings. The quantitative estimate of drug-likeness (QED) is 0.354. The second kappa shape index (κ2) is 17.9. The van der Waals surface area contributed by atoms with Gasteiger partial charge in [-0.2, -0.15) is 0 Å². The monoisotopic (exact) mass is 558 g/mol. The number of aromatic hydroxyl groups is 1. The Hall–Kier alpha value is -2.48. The van der Waals surface area contributed by atoms with Crippen molar-refractivity contribution in [1.82, 2.24) is 0 Å². The molecule has 0 fully saturated rings. The minimum Gasteiger partial charge on any atom is -0.506 e. The van der Waals surface area contributed by atoms with E-state index in [0.717, 1.165) is 11.1 Å². The molecule has 0 aliphatic rings. The molecule has 9 heteroatoms. The first-order valence-corrected chi connectivity index (χ1v) is 12.8. The van der Waals surface area contributed by atoms with E-state index in [-0.39, 0.29) is 11.7 Å². The molecule has 0 aromatic heterocycles. The number of aryl methyl sites for hydroxylation is 2. The van der Waals surface area contributed by atoms with E-state index in [2.05, 4.69) is 4.74 Å². The number of ether oxygens (including phenoxy) is 3. The van der Waals surface area contributed by atoms with E-state index >= 15 is 0 Å². The number of carbonyl (C=O) groups is 2. The first-order valence-electron chi connectivity index (χ1n) is 12.0. The summed E-state index contributed by atoms with van der Waals surface area (Å²) in [5, 5.41) is 18.5. The van der Waals surface area contributed by atoms with Crippen molar-refractivity contribution in [1.29, 1.82) is 0 Å². The number of phenolic OH excluding ortho intramolecular Hbond substituents is 1. The van der Waals surface area contributed by atoms with Crippen molar-refractivity contribution in [2.75, 3.05) is 13.2 Å². The Balaban J connectivity index is 0.000000577. The Bertz CT molecular complexity index is 975. The largest absolute Gasteiger partial charge is 0.506 e. The Morgan fingerprint density at radius 3 is 1.68 bits per heavy atom. The number of esters is 2. The van der Waals surface area contributed by atoms with Gasteiger partial charge in [-0.05, 0) is 74.9 Å². The number of benzene rings is 2. The van der Waals surface area contributed by atoms with E-state index < -0.39 is 18.2 Å². The lowest BCUT2D eigenvalue weighted by Crippen LogP contribution is -2.27. The lowest BCUT2D eigenvalue weighted by molar-refractivity contribution is -0.153. The van der Waals surface area contributed by atoms with Crippen molar-refractivity contribution in [3.63, 3.8) is 0 Å². The fourth-order valence-electron chi connectivity index (χ4n) is 2.30. The molecule has 0 heterocycles. The number of phenols is 1.